The van der Waals surface area contributed by atoms with Crippen molar-refractivity contribution in [2.75, 3.05) is 4.90 Å². The predicted molar refractivity (Wildman–Crippen MR) is 227 cm³/mol. The number of nitrogens with zero attached hydrogens (tertiary/aromatic N) is 1. The standard InChI is InChI=1S/C51H49NS/c1-5-34-29-36-27-33(2)28-37(30-34)51(36)45-23-11-10-22-44(45)50(3,4)47-32-40(25-26-46(47)51)52(38-16-7-6-8-17-38)39-18-13-15-35(31-39)41-20-14-21-43-42-19-9-12-24-48(42)53-49(41)43/h6-26,31-34,36-37H,5,27-30H2,1-4H3/t33?,34?,36-,37+,51?. The van der Waals surface area contributed by atoms with E-state index in [4.69, 9.17) is 0 Å². The summed E-state index contributed by atoms with van der Waals surface area (Å²) in [6, 6.07) is 53.1. The molecule has 5 atom stereocenters. The van der Waals surface area contributed by atoms with Gasteiger partial charge in [-0.1, -0.05) is 131 Å². The Labute approximate surface area is 319 Å². The lowest BCUT2D eigenvalue weighted by Crippen LogP contribution is -2.56. The van der Waals surface area contributed by atoms with Crippen LogP contribution in [0.25, 0.3) is 31.3 Å². The molecule has 264 valence electrons. The fourth-order valence-corrected chi connectivity index (χ4v) is 12.7. The zero-order chi connectivity index (χ0) is 35.9. The Hall–Kier alpha value is -4.66. The molecule has 6 aromatic carbocycles. The van der Waals surface area contributed by atoms with Gasteiger partial charge >= 0.3 is 0 Å². The van der Waals surface area contributed by atoms with Gasteiger partial charge in [0.15, 0.2) is 0 Å². The Morgan fingerprint density at radius 1 is 0.585 bits per heavy atom. The quantitative estimate of drug-likeness (QED) is 0.172. The van der Waals surface area contributed by atoms with Crippen LogP contribution < -0.4 is 4.90 Å². The van der Waals surface area contributed by atoms with Gasteiger partial charge in [0.1, 0.15) is 0 Å². The van der Waals surface area contributed by atoms with Crippen LogP contribution in [-0.2, 0) is 10.8 Å². The first kappa shape index (κ1) is 32.9. The van der Waals surface area contributed by atoms with E-state index in [-0.39, 0.29) is 10.8 Å². The molecule has 0 aliphatic heterocycles. The van der Waals surface area contributed by atoms with Crippen molar-refractivity contribution in [3.63, 3.8) is 0 Å². The van der Waals surface area contributed by atoms with Gasteiger partial charge in [-0.05, 0) is 125 Å². The first-order valence-corrected chi connectivity index (χ1v) is 20.8. The number of hydrogen-bond donors (Lipinski definition) is 0. The van der Waals surface area contributed by atoms with Gasteiger partial charge in [-0.25, -0.2) is 0 Å². The summed E-state index contributed by atoms with van der Waals surface area (Å²) in [4.78, 5) is 2.50. The van der Waals surface area contributed by atoms with Gasteiger partial charge in [-0.15, -0.1) is 11.3 Å². The van der Waals surface area contributed by atoms with Crippen LogP contribution in [0.3, 0.4) is 0 Å². The van der Waals surface area contributed by atoms with Gasteiger partial charge < -0.3 is 4.90 Å². The van der Waals surface area contributed by atoms with Gasteiger partial charge in [0.2, 0.25) is 0 Å². The highest BCUT2D eigenvalue weighted by Crippen LogP contribution is 2.65. The molecule has 2 saturated carbocycles. The van der Waals surface area contributed by atoms with E-state index in [0.717, 1.165) is 11.8 Å². The van der Waals surface area contributed by atoms with Crippen LogP contribution >= 0.6 is 11.3 Å². The number of fused-ring (bicyclic) bond motifs is 5. The Morgan fingerprint density at radius 3 is 2.02 bits per heavy atom. The summed E-state index contributed by atoms with van der Waals surface area (Å²) in [6.07, 6.45) is 6.67. The SMILES string of the molecule is CCC1C[C@H]2CC(C)C[C@@H](C1)C21c2ccccc2C(C)(C)c2cc(N(c3ccccc3)c3cccc(-c4cccc5c4sc4ccccc45)c3)ccc21. The molecule has 7 aromatic rings. The second kappa shape index (κ2) is 12.5. The first-order valence-electron chi connectivity index (χ1n) is 20.0. The molecule has 10 rings (SSSR count). The molecule has 3 unspecified atom stereocenters. The number of hydrogen-bond acceptors (Lipinski definition) is 2. The van der Waals surface area contributed by atoms with Crippen molar-refractivity contribution in [2.45, 2.75) is 70.6 Å². The van der Waals surface area contributed by atoms with Gasteiger partial charge in [-0.3, -0.25) is 0 Å². The highest BCUT2D eigenvalue weighted by molar-refractivity contribution is 7.26. The summed E-state index contributed by atoms with van der Waals surface area (Å²) < 4.78 is 2.70. The second-order valence-electron chi connectivity index (χ2n) is 17.0. The molecule has 53 heavy (non-hydrogen) atoms. The van der Waals surface area contributed by atoms with Gasteiger partial charge in [0, 0.05) is 48.1 Å². The fraction of sp³-hybridized carbons (Fsp3) is 0.294. The zero-order valence-electron chi connectivity index (χ0n) is 31.5. The smallest absolute Gasteiger partial charge is 0.0467 e. The fourth-order valence-electron chi connectivity index (χ4n) is 11.5. The van der Waals surface area contributed by atoms with E-state index in [1.54, 1.807) is 11.1 Å². The van der Waals surface area contributed by atoms with Crippen LogP contribution in [0.15, 0.2) is 140 Å². The minimum absolute atomic E-state index is 0.0819. The van der Waals surface area contributed by atoms with Gasteiger partial charge in [0.05, 0.1) is 0 Å². The maximum atomic E-state index is 2.59. The van der Waals surface area contributed by atoms with Crippen LogP contribution in [0, 0.1) is 23.7 Å². The van der Waals surface area contributed by atoms with Crippen LogP contribution in [0.5, 0.6) is 0 Å². The molecule has 2 heteroatoms. The molecular formula is C51H49NS. The molecule has 2 fully saturated rings. The highest BCUT2D eigenvalue weighted by Gasteiger charge is 2.59. The van der Waals surface area contributed by atoms with Crippen LogP contribution in [0.4, 0.5) is 17.1 Å². The lowest BCUT2D eigenvalue weighted by atomic mass is 9.42. The Morgan fingerprint density at radius 2 is 1.23 bits per heavy atom. The molecule has 1 heterocycles. The van der Waals surface area contributed by atoms with Crippen molar-refractivity contribution in [1.82, 2.24) is 0 Å². The molecule has 0 radical (unpaired) electrons. The lowest BCUT2D eigenvalue weighted by molar-refractivity contribution is 0.0175. The number of benzene rings is 6. The van der Waals surface area contributed by atoms with Gasteiger partial charge in [0.25, 0.3) is 0 Å². The van der Waals surface area contributed by atoms with Gasteiger partial charge in [-0.2, -0.15) is 0 Å². The number of anilines is 3. The van der Waals surface area contributed by atoms with Crippen molar-refractivity contribution in [3.05, 3.63) is 162 Å². The molecule has 0 N–H and O–H groups in total. The maximum Gasteiger partial charge on any atom is 0.0467 e. The second-order valence-corrected chi connectivity index (χ2v) is 18.0. The molecule has 1 aromatic heterocycles. The van der Waals surface area contributed by atoms with Crippen LogP contribution in [0.1, 0.15) is 82.1 Å². The summed E-state index contributed by atoms with van der Waals surface area (Å²) in [5, 5.41) is 2.68. The van der Waals surface area contributed by atoms with E-state index < -0.39 is 0 Å². The molecule has 0 saturated heterocycles. The Bertz CT molecular complexity index is 2470. The first-order chi connectivity index (χ1) is 25.9. The van der Waals surface area contributed by atoms with Crippen LogP contribution in [-0.4, -0.2) is 0 Å². The molecular weight excluding hydrogens is 659 g/mol. The summed E-state index contributed by atoms with van der Waals surface area (Å²) in [6.45, 7) is 9.91. The van der Waals surface area contributed by atoms with Crippen molar-refractivity contribution < 1.29 is 0 Å². The van der Waals surface area contributed by atoms with E-state index >= 15 is 0 Å². The minimum atomic E-state index is -0.115. The Balaban J connectivity index is 1.16. The van der Waals surface area contributed by atoms with Crippen molar-refractivity contribution >= 4 is 48.6 Å². The summed E-state index contributed by atoms with van der Waals surface area (Å²) >= 11 is 1.91. The molecule has 1 nitrogen and oxygen atoms in total. The average Bonchev–Trinajstić information content (AvgIpc) is 3.57. The van der Waals surface area contributed by atoms with E-state index in [9.17, 15) is 0 Å². The molecule has 3 aliphatic rings. The average molecular weight is 708 g/mol. The van der Waals surface area contributed by atoms with E-state index in [0.29, 0.717) is 11.8 Å². The van der Waals surface area contributed by atoms with E-state index in [1.165, 1.54) is 91.6 Å². The molecule has 2 bridgehead atoms. The van der Waals surface area contributed by atoms with Crippen LogP contribution in [0.2, 0.25) is 0 Å². The van der Waals surface area contributed by atoms with Crippen molar-refractivity contribution in [3.8, 4) is 11.1 Å². The predicted octanol–water partition coefficient (Wildman–Crippen LogP) is 14.6. The Kier molecular flexibility index (Phi) is 7.74. The lowest BCUT2D eigenvalue weighted by Gasteiger charge is -2.61. The third kappa shape index (κ3) is 4.94. The zero-order valence-corrected chi connectivity index (χ0v) is 32.3. The highest BCUT2D eigenvalue weighted by atomic mass is 32.1. The monoisotopic (exact) mass is 707 g/mol. The van der Waals surface area contributed by atoms with Crippen molar-refractivity contribution in [1.29, 1.82) is 0 Å². The largest absolute Gasteiger partial charge is 0.310 e. The van der Waals surface area contributed by atoms with Crippen molar-refractivity contribution in [2.24, 2.45) is 23.7 Å². The normalized spacial score (nSPS) is 24.2. The third-order valence-electron chi connectivity index (χ3n) is 13.7. The number of thiophene rings is 1. The number of para-hydroxylation sites is 1. The van der Waals surface area contributed by atoms with E-state index in [1.807, 2.05) is 11.3 Å². The minimum Gasteiger partial charge on any atom is -0.310 e. The summed E-state index contributed by atoms with van der Waals surface area (Å²) in [7, 11) is 0. The summed E-state index contributed by atoms with van der Waals surface area (Å²) in [5.41, 5.74) is 12.4. The molecule has 1 spiro atoms. The number of rotatable bonds is 5. The topological polar surface area (TPSA) is 3.24 Å². The summed E-state index contributed by atoms with van der Waals surface area (Å²) in [5.74, 6) is 2.98. The maximum absolute atomic E-state index is 2.59. The molecule has 0 amide bonds. The third-order valence-corrected chi connectivity index (χ3v) is 15.0. The molecule has 3 aliphatic carbocycles. The van der Waals surface area contributed by atoms with E-state index in [2.05, 4.69) is 172 Å².